The minimum absolute atomic E-state index is 0.130. The fourth-order valence-electron chi connectivity index (χ4n) is 5.76. The fraction of sp³-hybridized carbons (Fsp3) is 0.324. The molecule has 1 heterocycles. The number of nitro groups is 1. The van der Waals surface area contributed by atoms with Gasteiger partial charge in [0.1, 0.15) is 5.69 Å². The molecule has 0 bridgehead atoms. The Kier molecular flexibility index (Phi) is 12.9. The van der Waals surface area contributed by atoms with Crippen molar-refractivity contribution in [1.29, 1.82) is 0 Å². The fourth-order valence-corrected chi connectivity index (χ4v) is 7.75. The van der Waals surface area contributed by atoms with Gasteiger partial charge in [0, 0.05) is 59.7 Å². The van der Waals surface area contributed by atoms with Crippen molar-refractivity contribution in [2.24, 2.45) is 0 Å². The summed E-state index contributed by atoms with van der Waals surface area (Å²) in [7, 11) is -0.479. The summed E-state index contributed by atoms with van der Waals surface area (Å²) in [6.45, 7) is 3.31. The largest absolute Gasteiger partial charge is 0.376 e. The van der Waals surface area contributed by atoms with Crippen LogP contribution in [0.15, 0.2) is 113 Å². The number of sulfonamides is 1. The van der Waals surface area contributed by atoms with E-state index in [-0.39, 0.29) is 27.9 Å². The number of hydrogen-bond acceptors (Lipinski definition) is 10. The number of hydrogen-bond donors (Lipinski definition) is 3. The lowest BCUT2D eigenvalue weighted by atomic mass is 10.0. The number of piperidine rings is 1. The zero-order valence-electron chi connectivity index (χ0n) is 28.3. The first kappa shape index (κ1) is 36.8. The molecule has 0 aromatic heterocycles. The number of carbonyl (C=O) groups excluding carboxylic acids is 1. The minimum atomic E-state index is -4.40. The number of benzene rings is 4. The molecule has 1 saturated heterocycles. The second kappa shape index (κ2) is 17.5. The Balaban J connectivity index is 1.19. The Hall–Kier alpha value is -4.43. The van der Waals surface area contributed by atoms with Crippen LogP contribution in [0, 0.1) is 10.1 Å². The first-order valence-electron chi connectivity index (χ1n) is 16.6. The molecule has 4 aromatic carbocycles. The van der Waals surface area contributed by atoms with E-state index < -0.39 is 20.9 Å². The van der Waals surface area contributed by atoms with Crippen LogP contribution in [-0.4, -0.2) is 75.7 Å². The van der Waals surface area contributed by atoms with Gasteiger partial charge in [0.05, 0.1) is 9.82 Å². The maximum Gasteiger partial charge on any atom is 0.293 e. The summed E-state index contributed by atoms with van der Waals surface area (Å²) in [5.74, 6) is -0.166. The normalized spacial score (nSPS) is 14.3. The first-order valence-corrected chi connectivity index (χ1v) is 19.1. The van der Waals surface area contributed by atoms with E-state index in [2.05, 4.69) is 32.4 Å². The molecular formula is C37H44N6O5S2. The molecule has 50 heavy (non-hydrogen) atoms. The summed E-state index contributed by atoms with van der Waals surface area (Å²) in [4.78, 5) is 29.5. The van der Waals surface area contributed by atoms with Crippen molar-refractivity contribution in [1.82, 2.24) is 14.9 Å². The second-order valence-electron chi connectivity index (χ2n) is 12.6. The number of rotatable bonds is 16. The van der Waals surface area contributed by atoms with Crippen molar-refractivity contribution >= 4 is 44.8 Å². The lowest BCUT2D eigenvalue weighted by Crippen LogP contribution is -2.42. The van der Waals surface area contributed by atoms with Gasteiger partial charge in [-0.2, -0.15) is 0 Å². The van der Waals surface area contributed by atoms with Gasteiger partial charge in [0.25, 0.3) is 21.6 Å². The first-order chi connectivity index (χ1) is 24.1. The van der Waals surface area contributed by atoms with Crippen LogP contribution in [-0.2, 0) is 16.6 Å². The second-order valence-corrected chi connectivity index (χ2v) is 15.4. The van der Waals surface area contributed by atoms with Crippen LogP contribution < -0.4 is 20.3 Å². The Labute approximate surface area is 298 Å². The molecule has 0 aliphatic carbocycles. The topological polar surface area (TPSA) is 137 Å². The monoisotopic (exact) mass is 716 g/mol. The van der Waals surface area contributed by atoms with Crippen molar-refractivity contribution in [3.05, 3.63) is 124 Å². The Morgan fingerprint density at radius 2 is 1.62 bits per heavy atom. The lowest BCUT2D eigenvalue weighted by molar-refractivity contribution is -0.384. The van der Waals surface area contributed by atoms with Gasteiger partial charge >= 0.3 is 0 Å². The van der Waals surface area contributed by atoms with Crippen LogP contribution >= 0.6 is 11.8 Å². The zero-order chi connectivity index (χ0) is 35.5. The van der Waals surface area contributed by atoms with E-state index >= 15 is 0 Å². The number of carbonyl (C=O) groups is 1. The molecule has 1 aliphatic rings. The van der Waals surface area contributed by atoms with Gasteiger partial charge in [0.2, 0.25) is 0 Å². The van der Waals surface area contributed by atoms with Gasteiger partial charge in [-0.15, -0.1) is 11.8 Å². The number of nitrogens with one attached hydrogen (secondary N) is 3. The smallest absolute Gasteiger partial charge is 0.293 e. The van der Waals surface area contributed by atoms with E-state index in [0.29, 0.717) is 18.2 Å². The van der Waals surface area contributed by atoms with E-state index in [1.165, 1.54) is 17.7 Å². The van der Waals surface area contributed by atoms with E-state index in [1.807, 2.05) is 79.7 Å². The predicted molar refractivity (Wildman–Crippen MR) is 200 cm³/mol. The van der Waals surface area contributed by atoms with Gasteiger partial charge in [-0.1, -0.05) is 48.5 Å². The predicted octanol–water partition coefficient (Wildman–Crippen LogP) is 6.00. The molecular weight excluding hydrogens is 673 g/mol. The lowest BCUT2D eigenvalue weighted by Gasteiger charge is -2.34. The molecule has 1 atom stereocenters. The van der Waals surface area contributed by atoms with Crippen LogP contribution in [0.5, 0.6) is 0 Å². The van der Waals surface area contributed by atoms with Crippen LogP contribution in [0.2, 0.25) is 0 Å². The Morgan fingerprint density at radius 1 is 0.960 bits per heavy atom. The molecule has 1 unspecified atom stereocenters. The van der Waals surface area contributed by atoms with E-state index in [1.54, 1.807) is 23.9 Å². The van der Waals surface area contributed by atoms with E-state index in [9.17, 15) is 23.3 Å². The van der Waals surface area contributed by atoms with Crippen LogP contribution in [0.4, 0.5) is 17.1 Å². The van der Waals surface area contributed by atoms with Crippen molar-refractivity contribution in [2.75, 3.05) is 49.7 Å². The highest BCUT2D eigenvalue weighted by Gasteiger charge is 2.26. The SMILES string of the molecule is CN(C)CCC(CSc1ccccc1)Nc1ccc(S(=O)(=O)NC(=O)c2ccc(N3CCC(NCc4ccccc4)CC3)cc2)cc1[N+](=O)[O-]. The molecule has 5 rings (SSSR count). The molecule has 3 N–H and O–H groups in total. The zero-order valence-corrected chi connectivity index (χ0v) is 30.0. The number of thioether (sulfide) groups is 1. The van der Waals surface area contributed by atoms with Gasteiger partial charge < -0.3 is 20.4 Å². The number of amides is 1. The summed E-state index contributed by atoms with van der Waals surface area (Å²) < 4.78 is 28.6. The van der Waals surface area contributed by atoms with Crippen LogP contribution in [0.25, 0.3) is 0 Å². The molecule has 11 nitrogen and oxygen atoms in total. The molecule has 264 valence electrons. The number of nitrogens with zero attached hydrogens (tertiary/aromatic N) is 3. The minimum Gasteiger partial charge on any atom is -0.376 e. The third kappa shape index (κ3) is 10.5. The quantitative estimate of drug-likeness (QED) is 0.0720. The third-order valence-electron chi connectivity index (χ3n) is 8.61. The van der Waals surface area contributed by atoms with Crippen molar-refractivity contribution < 1.29 is 18.1 Å². The van der Waals surface area contributed by atoms with E-state index in [0.717, 1.165) is 55.7 Å². The van der Waals surface area contributed by atoms with Gasteiger partial charge in [-0.05, 0) is 94.0 Å². The number of nitro benzene ring substituents is 1. The van der Waals surface area contributed by atoms with Gasteiger partial charge in [-0.25, -0.2) is 13.1 Å². The van der Waals surface area contributed by atoms with Gasteiger partial charge in [-0.3, -0.25) is 14.9 Å². The van der Waals surface area contributed by atoms with E-state index in [4.69, 9.17) is 0 Å². The highest BCUT2D eigenvalue weighted by atomic mass is 32.2. The molecule has 0 radical (unpaired) electrons. The summed E-state index contributed by atoms with van der Waals surface area (Å²) in [5, 5.41) is 19.0. The molecule has 0 saturated carbocycles. The summed E-state index contributed by atoms with van der Waals surface area (Å²) >= 11 is 1.64. The van der Waals surface area contributed by atoms with Gasteiger partial charge in [0.15, 0.2) is 0 Å². The average molecular weight is 717 g/mol. The Morgan fingerprint density at radius 3 is 2.26 bits per heavy atom. The molecule has 0 spiro atoms. The maximum atomic E-state index is 13.3. The maximum absolute atomic E-state index is 13.3. The van der Waals surface area contributed by atoms with Crippen molar-refractivity contribution in [3.63, 3.8) is 0 Å². The number of anilines is 2. The van der Waals surface area contributed by atoms with Crippen molar-refractivity contribution in [3.8, 4) is 0 Å². The molecule has 13 heteroatoms. The van der Waals surface area contributed by atoms with Crippen LogP contribution in [0.3, 0.4) is 0 Å². The molecule has 1 aliphatic heterocycles. The highest BCUT2D eigenvalue weighted by molar-refractivity contribution is 7.99. The third-order valence-corrected chi connectivity index (χ3v) is 11.1. The summed E-state index contributed by atoms with van der Waals surface area (Å²) in [6, 6.07) is 31.0. The van der Waals surface area contributed by atoms with Crippen LogP contribution in [0.1, 0.15) is 35.2 Å². The molecule has 4 aromatic rings. The standard InChI is InChI=1S/C37H44N6O5S2/c1-41(2)22-19-31(27-49-33-11-7-4-8-12-33)39-35-18-17-34(25-36(35)43(45)46)50(47,48)40-37(44)29-13-15-32(16-14-29)42-23-20-30(21-24-42)38-26-28-9-5-3-6-10-28/h3-18,25,30-31,38-39H,19-24,26-27H2,1-2H3,(H,40,44). The summed E-state index contributed by atoms with van der Waals surface area (Å²) in [6.07, 6.45) is 2.68. The average Bonchev–Trinajstić information content (AvgIpc) is 3.12. The molecule has 1 amide bonds. The molecule has 1 fully saturated rings. The highest BCUT2D eigenvalue weighted by Crippen LogP contribution is 2.30. The van der Waals surface area contributed by atoms with Crippen molar-refractivity contribution in [2.45, 2.75) is 47.7 Å². The summed E-state index contributed by atoms with van der Waals surface area (Å²) in [5.41, 5.74) is 2.21. The Bertz CT molecular complexity index is 1820.